The zero-order valence-electron chi connectivity index (χ0n) is 14.4. The third kappa shape index (κ3) is 4.15. The second kappa shape index (κ2) is 7.63. The van der Waals surface area contributed by atoms with Gasteiger partial charge in [0.1, 0.15) is 32.2 Å². The molecule has 3 N–H and O–H groups in total. The molecule has 0 aliphatic carbocycles. The van der Waals surface area contributed by atoms with Gasteiger partial charge in [0.15, 0.2) is 0 Å². The second-order valence-electron chi connectivity index (χ2n) is 6.77. The zero-order chi connectivity index (χ0) is 17.8. The predicted molar refractivity (Wildman–Crippen MR) is 93.3 cm³/mol. The normalized spacial score (nSPS) is 21.6. The summed E-state index contributed by atoms with van der Waals surface area (Å²) in [4.78, 5) is 26.3. The first-order valence-electron chi connectivity index (χ1n) is 8.69. The fourth-order valence-corrected chi connectivity index (χ4v) is 3.46. The second-order valence-corrected chi connectivity index (χ2v) is 6.77. The average Bonchev–Trinajstić information content (AvgIpc) is 2.61. The van der Waals surface area contributed by atoms with Crippen LogP contribution in [-0.4, -0.2) is 51.1 Å². The monoisotopic (exact) mass is 342 g/mol. The number of hydrogen-bond donors (Lipinski definition) is 3. The van der Waals surface area contributed by atoms with Crippen LogP contribution < -0.4 is 20.2 Å². The lowest BCUT2D eigenvalue weighted by Crippen LogP contribution is -3.29. The molecule has 1 fully saturated rings. The molecule has 6 heteroatoms. The van der Waals surface area contributed by atoms with Gasteiger partial charge in [-0.05, 0) is 11.5 Å². The number of likely N-dealkylation sites (N-methyl/N-ethyl adjacent to an activating group) is 1. The Labute approximate surface area is 147 Å². The Morgan fingerprint density at radius 1 is 1.08 bits per heavy atom. The zero-order valence-corrected chi connectivity index (χ0v) is 14.4. The summed E-state index contributed by atoms with van der Waals surface area (Å²) in [5.41, 5.74) is 0.706. The molecule has 1 aliphatic heterocycles. The first kappa shape index (κ1) is 17.4. The number of carbonyl (C=O) groups is 2. The summed E-state index contributed by atoms with van der Waals surface area (Å²) in [5, 5.41) is 16.4. The lowest BCUT2D eigenvalue weighted by Gasteiger charge is -2.33. The molecule has 1 saturated heterocycles. The van der Waals surface area contributed by atoms with E-state index < -0.39 is 12.0 Å². The molecular formula is C19H24N3O3+. The first-order chi connectivity index (χ1) is 12.0. The molecule has 1 amide bonds. The van der Waals surface area contributed by atoms with Crippen molar-refractivity contribution in [3.05, 3.63) is 42.5 Å². The van der Waals surface area contributed by atoms with Crippen LogP contribution in [0.5, 0.6) is 0 Å². The van der Waals surface area contributed by atoms with Gasteiger partial charge in [-0.25, -0.2) is 0 Å². The van der Waals surface area contributed by atoms with Crippen molar-refractivity contribution >= 4 is 28.3 Å². The van der Waals surface area contributed by atoms with E-state index in [-0.39, 0.29) is 12.3 Å². The smallest absolute Gasteiger partial charge is 0.230 e. The Hall–Kier alpha value is -2.44. The van der Waals surface area contributed by atoms with Gasteiger partial charge < -0.3 is 25.0 Å². The Bertz CT molecular complexity index is 764. The molecule has 2 aromatic rings. The highest BCUT2D eigenvalue weighted by atomic mass is 16.4. The molecule has 3 rings (SSSR count). The minimum absolute atomic E-state index is 0.0695. The molecule has 1 aliphatic rings. The lowest BCUT2D eigenvalue weighted by molar-refractivity contribution is -1.01. The molecule has 1 atom stereocenters. The molecule has 0 radical (unpaired) electrons. The molecule has 6 nitrogen and oxygen atoms in total. The predicted octanol–water partition coefficient (Wildman–Crippen LogP) is -2.30. The van der Waals surface area contributed by atoms with Crippen LogP contribution in [0.1, 0.15) is 6.42 Å². The number of anilines is 1. The van der Waals surface area contributed by atoms with Gasteiger partial charge in [0.25, 0.3) is 0 Å². The Morgan fingerprint density at radius 2 is 1.76 bits per heavy atom. The number of quaternary nitrogens is 2. The van der Waals surface area contributed by atoms with E-state index in [9.17, 15) is 14.7 Å². The van der Waals surface area contributed by atoms with Crippen LogP contribution in [0.25, 0.3) is 10.8 Å². The largest absolute Gasteiger partial charge is 0.544 e. The van der Waals surface area contributed by atoms with Gasteiger partial charge in [-0.1, -0.05) is 36.4 Å². The number of hydrogen-bond acceptors (Lipinski definition) is 3. The quantitative estimate of drug-likeness (QED) is 0.572. The maximum absolute atomic E-state index is 12.5. The van der Waals surface area contributed by atoms with E-state index in [1.165, 1.54) is 4.90 Å². The Morgan fingerprint density at radius 3 is 2.48 bits per heavy atom. The SMILES string of the molecule is C[NH+]1CC[NH+]([C@@H](CC(=O)Nc2cccc3ccccc23)C(=O)[O-])CC1. The fraction of sp³-hybridized carbons (Fsp3) is 0.368. The van der Waals surface area contributed by atoms with Gasteiger partial charge >= 0.3 is 0 Å². The summed E-state index contributed by atoms with van der Waals surface area (Å²) in [5.74, 6) is -1.44. The van der Waals surface area contributed by atoms with E-state index in [2.05, 4.69) is 12.4 Å². The van der Waals surface area contributed by atoms with E-state index in [0.717, 1.165) is 41.9 Å². The third-order valence-electron chi connectivity index (χ3n) is 4.98. The van der Waals surface area contributed by atoms with Crippen LogP contribution >= 0.6 is 0 Å². The van der Waals surface area contributed by atoms with Crippen LogP contribution in [0.4, 0.5) is 5.69 Å². The molecule has 0 unspecified atom stereocenters. The third-order valence-corrected chi connectivity index (χ3v) is 4.98. The number of fused-ring (bicyclic) bond motifs is 1. The van der Waals surface area contributed by atoms with E-state index in [1.54, 1.807) is 0 Å². The van der Waals surface area contributed by atoms with Crippen molar-refractivity contribution in [1.82, 2.24) is 0 Å². The van der Waals surface area contributed by atoms with E-state index in [4.69, 9.17) is 0 Å². The van der Waals surface area contributed by atoms with Gasteiger partial charge in [-0.3, -0.25) is 4.79 Å². The van der Waals surface area contributed by atoms with E-state index in [1.807, 2.05) is 42.5 Å². The number of nitrogens with one attached hydrogen (secondary N) is 3. The van der Waals surface area contributed by atoms with Crippen LogP contribution in [0, 0.1) is 0 Å². The summed E-state index contributed by atoms with van der Waals surface area (Å²) in [6, 6.07) is 12.7. The average molecular weight is 342 g/mol. The summed E-state index contributed by atoms with van der Waals surface area (Å²) in [6.45, 7) is 3.30. The topological polar surface area (TPSA) is 78.1 Å². The number of rotatable bonds is 5. The van der Waals surface area contributed by atoms with Crippen molar-refractivity contribution in [2.75, 3.05) is 38.5 Å². The summed E-state index contributed by atoms with van der Waals surface area (Å²) in [6.07, 6.45) is -0.0695. The van der Waals surface area contributed by atoms with Crippen molar-refractivity contribution in [3.8, 4) is 0 Å². The minimum atomic E-state index is -1.15. The molecule has 0 bridgehead atoms. The number of carboxylic acids is 1. The molecular weight excluding hydrogens is 318 g/mol. The number of carboxylic acid groups (broad SMARTS) is 1. The molecule has 0 aromatic heterocycles. The van der Waals surface area contributed by atoms with Crippen LogP contribution in [0.3, 0.4) is 0 Å². The van der Waals surface area contributed by atoms with Crippen molar-refractivity contribution in [3.63, 3.8) is 0 Å². The Balaban J connectivity index is 1.70. The van der Waals surface area contributed by atoms with Crippen molar-refractivity contribution in [1.29, 1.82) is 0 Å². The molecule has 0 saturated carbocycles. The highest BCUT2D eigenvalue weighted by Crippen LogP contribution is 2.23. The van der Waals surface area contributed by atoms with Gasteiger partial charge in [0.2, 0.25) is 5.91 Å². The number of aliphatic carboxylic acids is 1. The summed E-state index contributed by atoms with van der Waals surface area (Å²) in [7, 11) is 2.10. The van der Waals surface area contributed by atoms with Gasteiger partial charge in [-0.2, -0.15) is 0 Å². The number of benzene rings is 2. The maximum atomic E-state index is 12.5. The standard InChI is InChI=1S/C19H23N3O3/c1-21-9-11-22(12-10-21)17(19(24)25)13-18(23)20-16-8-4-6-14-5-2-3-7-15(14)16/h2-8,17H,9-13H2,1H3,(H,20,23)(H,24,25)/p+1/t17-/m0/s1. The number of piperazine rings is 1. The highest BCUT2D eigenvalue weighted by Gasteiger charge is 2.30. The van der Waals surface area contributed by atoms with Crippen LogP contribution in [0.15, 0.2) is 42.5 Å². The molecule has 132 valence electrons. The maximum Gasteiger partial charge on any atom is 0.230 e. The lowest BCUT2D eigenvalue weighted by atomic mass is 10.1. The Kier molecular flexibility index (Phi) is 5.31. The number of amides is 1. The molecule has 2 aromatic carbocycles. The minimum Gasteiger partial charge on any atom is -0.544 e. The molecule has 25 heavy (non-hydrogen) atoms. The van der Waals surface area contributed by atoms with E-state index in [0.29, 0.717) is 5.69 Å². The molecule has 0 spiro atoms. The van der Waals surface area contributed by atoms with Gasteiger partial charge in [0, 0.05) is 11.1 Å². The highest BCUT2D eigenvalue weighted by molar-refractivity contribution is 6.02. The van der Waals surface area contributed by atoms with Crippen molar-refractivity contribution in [2.24, 2.45) is 0 Å². The number of carbonyl (C=O) groups excluding carboxylic acids is 2. The van der Waals surface area contributed by atoms with Crippen LogP contribution in [0.2, 0.25) is 0 Å². The molecule has 1 heterocycles. The van der Waals surface area contributed by atoms with Crippen molar-refractivity contribution < 1.29 is 24.5 Å². The van der Waals surface area contributed by atoms with Gasteiger partial charge in [-0.15, -0.1) is 0 Å². The fourth-order valence-electron chi connectivity index (χ4n) is 3.46. The summed E-state index contributed by atoms with van der Waals surface area (Å²) >= 11 is 0. The summed E-state index contributed by atoms with van der Waals surface area (Å²) < 4.78 is 0. The van der Waals surface area contributed by atoms with E-state index >= 15 is 0 Å². The van der Waals surface area contributed by atoms with Crippen LogP contribution in [-0.2, 0) is 9.59 Å². The van der Waals surface area contributed by atoms with Crippen molar-refractivity contribution in [2.45, 2.75) is 12.5 Å². The van der Waals surface area contributed by atoms with Gasteiger partial charge in [0.05, 0.1) is 19.4 Å². The first-order valence-corrected chi connectivity index (χ1v) is 8.69.